The predicted molar refractivity (Wildman–Crippen MR) is 97.0 cm³/mol. The maximum Gasteiger partial charge on any atom is 0.128 e. The van der Waals surface area contributed by atoms with Gasteiger partial charge in [-0.3, -0.25) is 4.90 Å². The Hall–Kier alpha value is -1.13. The van der Waals surface area contributed by atoms with Gasteiger partial charge in [0.2, 0.25) is 0 Å². The zero-order valence-corrected chi connectivity index (χ0v) is 15.0. The van der Waals surface area contributed by atoms with Crippen molar-refractivity contribution in [3.8, 4) is 0 Å². The molecule has 1 aromatic heterocycles. The second-order valence-electron chi connectivity index (χ2n) is 7.64. The van der Waals surface area contributed by atoms with Crippen LogP contribution in [-0.4, -0.2) is 61.1 Å². The van der Waals surface area contributed by atoms with Crippen molar-refractivity contribution >= 4 is 5.82 Å². The van der Waals surface area contributed by atoms with Crippen molar-refractivity contribution in [1.82, 2.24) is 14.8 Å². The number of pyridine rings is 1. The van der Waals surface area contributed by atoms with Crippen LogP contribution in [0.25, 0.3) is 0 Å². The van der Waals surface area contributed by atoms with Gasteiger partial charge in [-0.25, -0.2) is 4.98 Å². The summed E-state index contributed by atoms with van der Waals surface area (Å²) in [5.41, 5.74) is 1.41. The molecule has 0 amide bonds. The van der Waals surface area contributed by atoms with Crippen molar-refractivity contribution in [2.75, 3.05) is 51.2 Å². The first kappa shape index (κ1) is 16.7. The van der Waals surface area contributed by atoms with Gasteiger partial charge >= 0.3 is 0 Å². The minimum atomic E-state index is 0.570. The molecule has 0 aliphatic carbocycles. The van der Waals surface area contributed by atoms with Gasteiger partial charge in [0.25, 0.3) is 0 Å². The lowest BCUT2D eigenvalue weighted by atomic mass is 9.95. The number of piperidine rings is 1. The van der Waals surface area contributed by atoms with Crippen molar-refractivity contribution in [3.63, 3.8) is 0 Å². The smallest absolute Gasteiger partial charge is 0.128 e. The highest BCUT2D eigenvalue weighted by atomic mass is 15.3. The lowest BCUT2D eigenvalue weighted by Crippen LogP contribution is -2.44. The van der Waals surface area contributed by atoms with Gasteiger partial charge in [0, 0.05) is 45.0 Å². The third kappa shape index (κ3) is 4.24. The number of hydrogen-bond acceptors (Lipinski definition) is 4. The number of rotatable bonds is 4. The van der Waals surface area contributed by atoms with Gasteiger partial charge in [-0.1, -0.05) is 26.3 Å². The molecule has 2 fully saturated rings. The van der Waals surface area contributed by atoms with Crippen LogP contribution in [0.5, 0.6) is 0 Å². The normalized spacial score (nSPS) is 24.3. The summed E-state index contributed by atoms with van der Waals surface area (Å²) in [7, 11) is 2.19. The molecule has 3 rings (SSSR count). The van der Waals surface area contributed by atoms with Crippen LogP contribution in [-0.2, 0) is 0 Å². The van der Waals surface area contributed by atoms with E-state index in [0.29, 0.717) is 6.04 Å². The van der Waals surface area contributed by atoms with Crippen molar-refractivity contribution in [2.45, 2.75) is 39.2 Å². The van der Waals surface area contributed by atoms with Gasteiger partial charge in [-0.2, -0.15) is 0 Å². The van der Waals surface area contributed by atoms with Gasteiger partial charge in [-0.05, 0) is 44.0 Å². The van der Waals surface area contributed by atoms with Crippen molar-refractivity contribution in [3.05, 3.63) is 23.9 Å². The minimum Gasteiger partial charge on any atom is -0.354 e. The largest absolute Gasteiger partial charge is 0.354 e. The van der Waals surface area contributed by atoms with E-state index >= 15 is 0 Å². The summed E-state index contributed by atoms with van der Waals surface area (Å²) >= 11 is 0. The molecule has 1 aromatic rings. The lowest BCUT2D eigenvalue weighted by molar-refractivity contribution is 0.132. The highest BCUT2D eigenvalue weighted by Crippen LogP contribution is 2.31. The van der Waals surface area contributed by atoms with Crippen molar-refractivity contribution < 1.29 is 0 Å². The van der Waals surface area contributed by atoms with Gasteiger partial charge in [0.15, 0.2) is 0 Å². The second-order valence-corrected chi connectivity index (χ2v) is 7.64. The summed E-state index contributed by atoms with van der Waals surface area (Å²) in [5.74, 6) is 1.88. The summed E-state index contributed by atoms with van der Waals surface area (Å²) in [6, 6.07) is 5.13. The Morgan fingerprint density at radius 3 is 2.52 bits per heavy atom. The first-order chi connectivity index (χ1) is 11.1. The number of nitrogens with zero attached hydrogens (tertiary/aromatic N) is 4. The van der Waals surface area contributed by atoms with E-state index in [1.807, 2.05) is 0 Å². The third-order valence-corrected chi connectivity index (χ3v) is 5.20. The molecule has 0 radical (unpaired) electrons. The van der Waals surface area contributed by atoms with Gasteiger partial charge < -0.3 is 9.80 Å². The molecule has 0 bridgehead atoms. The summed E-state index contributed by atoms with van der Waals surface area (Å²) in [6.07, 6.45) is 6.11. The SMILES string of the molecule is CC(C)CN1CCCC[C@H]1c1ccc(N2CCN(C)CC2)nc1. The molecule has 0 N–H and O–H groups in total. The van der Waals surface area contributed by atoms with Crippen LogP contribution in [0, 0.1) is 5.92 Å². The molecule has 4 heteroatoms. The maximum absolute atomic E-state index is 4.80. The van der Waals surface area contributed by atoms with Crippen molar-refractivity contribution in [1.29, 1.82) is 0 Å². The standard InChI is InChI=1S/C19H32N4/c1-16(2)15-23-9-5-4-6-18(23)17-7-8-19(20-14-17)22-12-10-21(3)11-13-22/h7-8,14,16,18H,4-6,9-13,15H2,1-3H3/t18-/m0/s1. The minimum absolute atomic E-state index is 0.570. The Kier molecular flexibility index (Phi) is 5.54. The number of likely N-dealkylation sites (tertiary alicyclic amines) is 1. The van der Waals surface area contributed by atoms with Crippen LogP contribution < -0.4 is 4.90 Å². The molecular formula is C19H32N4. The first-order valence-electron chi connectivity index (χ1n) is 9.27. The monoisotopic (exact) mass is 316 g/mol. The second kappa shape index (κ2) is 7.63. The molecule has 0 unspecified atom stereocenters. The van der Waals surface area contributed by atoms with E-state index in [-0.39, 0.29) is 0 Å². The Labute approximate surface area is 141 Å². The molecule has 2 aliphatic rings. The topological polar surface area (TPSA) is 22.6 Å². The van der Waals surface area contributed by atoms with E-state index in [9.17, 15) is 0 Å². The van der Waals surface area contributed by atoms with Crippen LogP contribution in [0.3, 0.4) is 0 Å². The van der Waals surface area contributed by atoms with E-state index in [1.54, 1.807) is 0 Å². The van der Waals surface area contributed by atoms with Crippen LogP contribution in [0.2, 0.25) is 0 Å². The van der Waals surface area contributed by atoms with Crippen LogP contribution in [0.15, 0.2) is 18.3 Å². The van der Waals surface area contributed by atoms with E-state index < -0.39 is 0 Å². The summed E-state index contributed by atoms with van der Waals surface area (Å²) in [5, 5.41) is 0. The van der Waals surface area contributed by atoms with Gasteiger partial charge in [-0.15, -0.1) is 0 Å². The summed E-state index contributed by atoms with van der Waals surface area (Å²) in [4.78, 5) is 12.3. The fourth-order valence-corrected chi connectivity index (χ4v) is 3.87. The number of piperazine rings is 1. The quantitative estimate of drug-likeness (QED) is 0.851. The molecule has 0 saturated carbocycles. The molecule has 0 spiro atoms. The Morgan fingerprint density at radius 2 is 1.87 bits per heavy atom. The predicted octanol–water partition coefficient (Wildman–Crippen LogP) is 3.02. The molecule has 1 atom stereocenters. The average molecular weight is 316 g/mol. The molecule has 3 heterocycles. The van der Waals surface area contributed by atoms with Gasteiger partial charge in [0.1, 0.15) is 5.82 Å². The van der Waals surface area contributed by atoms with Crippen LogP contribution in [0.4, 0.5) is 5.82 Å². The molecule has 2 aliphatic heterocycles. The fraction of sp³-hybridized carbons (Fsp3) is 0.737. The Balaban J connectivity index is 1.68. The Bertz CT molecular complexity index is 477. The van der Waals surface area contributed by atoms with Crippen molar-refractivity contribution in [2.24, 2.45) is 5.92 Å². The van der Waals surface area contributed by atoms with Gasteiger partial charge in [0.05, 0.1) is 0 Å². The van der Waals surface area contributed by atoms with E-state index in [2.05, 4.69) is 53.9 Å². The zero-order valence-electron chi connectivity index (χ0n) is 15.0. The summed E-state index contributed by atoms with van der Waals surface area (Å²) in [6.45, 7) is 11.5. The number of likely N-dealkylation sites (N-methyl/N-ethyl adjacent to an activating group) is 1. The maximum atomic E-state index is 4.80. The zero-order chi connectivity index (χ0) is 16.2. The van der Waals surface area contributed by atoms with E-state index in [4.69, 9.17) is 4.98 Å². The Morgan fingerprint density at radius 1 is 1.09 bits per heavy atom. The van der Waals surface area contributed by atoms with E-state index in [1.165, 1.54) is 37.9 Å². The fourth-order valence-electron chi connectivity index (χ4n) is 3.87. The van der Waals surface area contributed by atoms with E-state index in [0.717, 1.165) is 37.9 Å². The highest BCUT2D eigenvalue weighted by molar-refractivity contribution is 5.40. The lowest BCUT2D eigenvalue weighted by Gasteiger charge is -2.37. The third-order valence-electron chi connectivity index (χ3n) is 5.20. The number of hydrogen-bond donors (Lipinski definition) is 0. The molecule has 0 aromatic carbocycles. The first-order valence-corrected chi connectivity index (χ1v) is 9.27. The molecular weight excluding hydrogens is 284 g/mol. The molecule has 128 valence electrons. The molecule has 23 heavy (non-hydrogen) atoms. The average Bonchev–Trinajstić information content (AvgIpc) is 2.56. The molecule has 4 nitrogen and oxygen atoms in total. The van der Waals surface area contributed by atoms with Crippen LogP contribution >= 0.6 is 0 Å². The molecule has 2 saturated heterocycles. The number of aromatic nitrogens is 1. The number of anilines is 1. The van der Waals surface area contributed by atoms with Crippen LogP contribution in [0.1, 0.15) is 44.7 Å². The summed E-state index contributed by atoms with van der Waals surface area (Å²) < 4.78 is 0. The highest BCUT2D eigenvalue weighted by Gasteiger charge is 2.25.